The van der Waals surface area contributed by atoms with E-state index in [1.807, 2.05) is 0 Å². The number of rotatable bonds is 23. The van der Waals surface area contributed by atoms with Crippen LogP contribution in [0.2, 0.25) is 0 Å². The normalized spacial score (nSPS) is 12.6. The zero-order valence-corrected chi connectivity index (χ0v) is 36.0. The van der Waals surface area contributed by atoms with Crippen LogP contribution in [0.15, 0.2) is 84.9 Å². The van der Waals surface area contributed by atoms with Crippen molar-refractivity contribution >= 4 is 11.8 Å². The first-order valence-corrected chi connectivity index (χ1v) is 22.8. The fourth-order valence-electron chi connectivity index (χ4n) is 7.88. The van der Waals surface area contributed by atoms with Crippen LogP contribution < -0.4 is 8.79 Å². The Bertz CT molecular complexity index is 1750. The number of carbonyl (C=O) groups is 2. The Labute approximate surface area is 338 Å². The molecule has 0 bridgehead atoms. The second kappa shape index (κ2) is 23.4. The van der Waals surface area contributed by atoms with Crippen molar-refractivity contribution in [2.24, 2.45) is 5.92 Å². The molecular formula is C50H69N2NiO2. The van der Waals surface area contributed by atoms with Gasteiger partial charge in [-0.25, -0.2) is 0 Å². The second-order valence-corrected chi connectivity index (χ2v) is 17.3. The molecule has 0 saturated heterocycles. The summed E-state index contributed by atoms with van der Waals surface area (Å²) in [5.74, 6) is 0.110. The summed E-state index contributed by atoms with van der Waals surface area (Å²) in [6, 6.07) is 31.3. The van der Waals surface area contributed by atoms with Crippen molar-refractivity contribution in [3.63, 3.8) is 0 Å². The van der Waals surface area contributed by atoms with Gasteiger partial charge >= 0.3 is 333 Å². The van der Waals surface area contributed by atoms with Gasteiger partial charge in [-0.15, -0.1) is 0 Å². The van der Waals surface area contributed by atoms with Gasteiger partial charge in [0.25, 0.3) is 0 Å². The van der Waals surface area contributed by atoms with Crippen LogP contribution in [0.3, 0.4) is 0 Å². The first-order chi connectivity index (χ1) is 26.7. The summed E-state index contributed by atoms with van der Waals surface area (Å²) in [5.41, 5.74) is 13.5. The zero-order chi connectivity index (χ0) is 39.6. The van der Waals surface area contributed by atoms with Crippen LogP contribution in [0.1, 0.15) is 151 Å². The molecule has 301 valence electrons. The Morgan fingerprint density at radius 2 is 1.20 bits per heavy atom. The Kier molecular flexibility index (Phi) is 18.7. The maximum atomic E-state index is 12.8. The summed E-state index contributed by atoms with van der Waals surface area (Å²) in [4.78, 5) is 25.6. The fourth-order valence-corrected chi connectivity index (χ4v) is 10.1. The molecule has 5 heteroatoms. The monoisotopic (exact) mass is 787 g/mol. The van der Waals surface area contributed by atoms with Gasteiger partial charge in [0.1, 0.15) is 0 Å². The van der Waals surface area contributed by atoms with Crippen molar-refractivity contribution in [1.82, 2.24) is 8.79 Å². The van der Waals surface area contributed by atoms with Crippen molar-refractivity contribution in [3.05, 3.63) is 118 Å². The molecule has 0 aliphatic carbocycles. The van der Waals surface area contributed by atoms with E-state index in [4.69, 9.17) is 0 Å². The molecule has 2 N–H and O–H groups in total. The average Bonchev–Trinajstić information content (AvgIpc) is 3.19. The third-order valence-corrected chi connectivity index (χ3v) is 13.2. The predicted octanol–water partition coefficient (Wildman–Crippen LogP) is 12.8. The van der Waals surface area contributed by atoms with Gasteiger partial charge in [-0.1, -0.05) is 6.92 Å². The van der Waals surface area contributed by atoms with Crippen molar-refractivity contribution in [2.45, 2.75) is 150 Å². The van der Waals surface area contributed by atoms with Gasteiger partial charge < -0.3 is 0 Å². The Morgan fingerprint density at radius 1 is 0.618 bits per heavy atom. The molecule has 0 aliphatic rings. The number of carbonyl (C=O) groups excluding carboxylic acids is 2. The van der Waals surface area contributed by atoms with Gasteiger partial charge in [0.2, 0.25) is 0 Å². The summed E-state index contributed by atoms with van der Waals surface area (Å²) < 4.78 is 6.46. The second-order valence-electron chi connectivity index (χ2n) is 15.3. The number of benzene rings is 4. The van der Waals surface area contributed by atoms with E-state index in [-0.39, 0.29) is 16.7 Å². The number of unbranched alkanes of at least 4 members (excludes halogenated alkanes) is 5. The number of aryl methyl sites for hydroxylation is 3. The first kappa shape index (κ1) is 44.0. The predicted molar refractivity (Wildman–Crippen MR) is 231 cm³/mol. The molecule has 4 aromatic rings. The van der Waals surface area contributed by atoms with E-state index in [1.165, 1.54) is 89.5 Å². The third-order valence-electron chi connectivity index (χ3n) is 10.7. The van der Waals surface area contributed by atoms with Gasteiger partial charge in [0, 0.05) is 0 Å². The molecule has 4 rings (SSSR count). The first-order valence-electron chi connectivity index (χ1n) is 21.3. The molecule has 2 atom stereocenters. The van der Waals surface area contributed by atoms with E-state index in [0.717, 1.165) is 51.4 Å². The molecule has 0 aromatic heterocycles. The molecule has 0 radical (unpaired) electrons. The van der Waals surface area contributed by atoms with Gasteiger partial charge in [0.15, 0.2) is 0 Å². The van der Waals surface area contributed by atoms with Crippen molar-refractivity contribution in [2.75, 3.05) is 0 Å². The standard InChI is InChI=1S/C46H61.2C2H5NO.Ni/c1-6-11-14-17-27-42-34-38(33-39(10-5)44(42)28-13-8-3)31-36(9-4)29-30-37-32-43(22-12-7-2)46(41-25-20-16-21-26-41)45(35-37)40-23-18-15-19-24-40;2*1-2(3)4;/h15-16,18-21,23-26,30,32-36H,6-14,17,22,27-29,31H2,1-5H3;2*1H3,(H2,3,4);/q;;;+2/p-2. The molecule has 2 amide bonds. The molecule has 0 aliphatic heterocycles. The Morgan fingerprint density at radius 3 is 1.78 bits per heavy atom. The molecule has 4 nitrogen and oxygen atoms in total. The molecule has 0 heterocycles. The molecule has 55 heavy (non-hydrogen) atoms. The summed E-state index contributed by atoms with van der Waals surface area (Å²) in [6.07, 6.45) is 16.9. The van der Waals surface area contributed by atoms with Crippen molar-refractivity contribution < 1.29 is 23.4 Å². The molecule has 0 saturated carbocycles. The van der Waals surface area contributed by atoms with Crippen LogP contribution in [0.4, 0.5) is 0 Å². The van der Waals surface area contributed by atoms with Crippen molar-refractivity contribution in [3.8, 4) is 22.3 Å². The maximum absolute atomic E-state index is 12.8. The van der Waals surface area contributed by atoms with E-state index < -0.39 is 13.8 Å². The van der Waals surface area contributed by atoms with Crippen LogP contribution in [0, 0.1) is 5.92 Å². The Hall–Kier alpha value is -3.69. The summed E-state index contributed by atoms with van der Waals surface area (Å²) in [6.45, 7) is 14.6. The van der Waals surface area contributed by atoms with E-state index in [1.54, 1.807) is 25.0 Å². The number of amides is 2. The van der Waals surface area contributed by atoms with E-state index in [2.05, 4.69) is 128 Å². The van der Waals surface area contributed by atoms with E-state index in [9.17, 15) is 9.59 Å². The van der Waals surface area contributed by atoms with E-state index in [0.29, 0.717) is 5.92 Å². The van der Waals surface area contributed by atoms with E-state index >= 15 is 0 Å². The number of hydrogen-bond donors (Lipinski definition) is 2. The molecule has 2 unspecified atom stereocenters. The summed E-state index contributed by atoms with van der Waals surface area (Å²) >= 11 is -1.09. The summed E-state index contributed by atoms with van der Waals surface area (Å²) in [7, 11) is 0. The fraction of sp³-hybridized carbons (Fsp3) is 0.480. The van der Waals surface area contributed by atoms with Gasteiger partial charge in [0.05, 0.1) is 0 Å². The molecule has 4 aromatic carbocycles. The van der Waals surface area contributed by atoms with Crippen LogP contribution >= 0.6 is 0 Å². The van der Waals surface area contributed by atoms with Gasteiger partial charge in [-0.2, -0.15) is 0 Å². The quantitative estimate of drug-likeness (QED) is 0.0581. The topological polar surface area (TPSA) is 58.2 Å². The molecular weight excluding hydrogens is 719 g/mol. The minimum absolute atomic E-state index is 0.0894. The number of nitrogens with one attached hydrogen (secondary N) is 2. The SMILES string of the molecule is CCCCCCc1cc(CC(CC)C[CH](c2cc(CCCC)c(-c3ccccc3)c(-c3ccccc3)c2)[Ni]([NH]C(C)=O)[NH]C(C)=O)cc(CC)c1CCCC. The molecule has 0 spiro atoms. The summed E-state index contributed by atoms with van der Waals surface area (Å²) in [5, 5.41) is 0. The Balaban J connectivity index is 1.86. The van der Waals surface area contributed by atoms with Crippen molar-refractivity contribution in [1.29, 1.82) is 0 Å². The van der Waals surface area contributed by atoms with Gasteiger partial charge in [-0.05, 0) is 0 Å². The van der Waals surface area contributed by atoms with Crippen LogP contribution in [0.5, 0.6) is 0 Å². The van der Waals surface area contributed by atoms with Crippen LogP contribution in [0.25, 0.3) is 22.3 Å². The van der Waals surface area contributed by atoms with Gasteiger partial charge in [-0.3, -0.25) is 0 Å². The average molecular weight is 789 g/mol. The number of hydrogen-bond acceptors (Lipinski definition) is 2. The zero-order valence-electron chi connectivity index (χ0n) is 35.0. The third kappa shape index (κ3) is 13.2. The van der Waals surface area contributed by atoms with Crippen LogP contribution in [-0.4, -0.2) is 11.8 Å². The molecule has 0 fully saturated rings. The minimum atomic E-state index is -1.09. The van der Waals surface area contributed by atoms with Crippen LogP contribution in [-0.2, 0) is 55.5 Å².